The summed E-state index contributed by atoms with van der Waals surface area (Å²) in [6.07, 6.45) is 0. The molecule has 134 valence electrons. The Balaban J connectivity index is 1.94. The maximum Gasteiger partial charge on any atom is 0.348 e. The van der Waals surface area contributed by atoms with Crippen LogP contribution in [-0.4, -0.2) is 18.5 Å². The quantitative estimate of drug-likeness (QED) is 0.599. The van der Waals surface area contributed by atoms with Crippen LogP contribution in [0.3, 0.4) is 0 Å². The maximum atomic E-state index is 14.3. The van der Waals surface area contributed by atoms with Gasteiger partial charge < -0.3 is 9.47 Å². The molecule has 1 heterocycles. The van der Waals surface area contributed by atoms with E-state index in [2.05, 4.69) is 0 Å². The van der Waals surface area contributed by atoms with E-state index in [4.69, 9.17) is 9.47 Å². The van der Waals surface area contributed by atoms with E-state index in [0.29, 0.717) is 15.8 Å². The molecule has 6 heteroatoms. The average molecular weight is 372 g/mol. The topological polar surface area (TPSA) is 52.6 Å². The number of ether oxygens (including phenoxy) is 2. The molecule has 0 aliphatic carbocycles. The van der Waals surface area contributed by atoms with Gasteiger partial charge in [-0.1, -0.05) is 23.8 Å². The lowest BCUT2D eigenvalue weighted by molar-refractivity contribution is 0.0454. The Kier molecular flexibility index (Phi) is 5.32. The van der Waals surface area contributed by atoms with Crippen molar-refractivity contribution in [1.29, 1.82) is 0 Å². The van der Waals surface area contributed by atoms with E-state index in [9.17, 15) is 14.0 Å². The Labute approximate surface area is 154 Å². The molecule has 2 aromatic carbocycles. The van der Waals surface area contributed by atoms with Gasteiger partial charge in [-0.05, 0) is 38.1 Å². The molecule has 0 bridgehead atoms. The van der Waals surface area contributed by atoms with Crippen LogP contribution in [0.15, 0.2) is 42.5 Å². The molecule has 0 N–H and O–H groups in total. The van der Waals surface area contributed by atoms with Gasteiger partial charge in [-0.2, -0.15) is 0 Å². The summed E-state index contributed by atoms with van der Waals surface area (Å²) < 4.78 is 25.3. The largest absolute Gasteiger partial charge is 0.462 e. The summed E-state index contributed by atoms with van der Waals surface area (Å²) in [7, 11) is 0. The standard InChI is InChI=1S/C20H17FO4S/c1-3-24-20(23)18-14(17-15(21)8-5-9-16(17)26-18)11-25-19(22)13-7-4-6-12(2)10-13/h4-10H,3,11H2,1-2H3. The van der Waals surface area contributed by atoms with Gasteiger partial charge in [0.2, 0.25) is 0 Å². The van der Waals surface area contributed by atoms with Crippen molar-refractivity contribution in [3.05, 3.63) is 69.8 Å². The van der Waals surface area contributed by atoms with E-state index in [1.165, 1.54) is 6.07 Å². The van der Waals surface area contributed by atoms with E-state index in [1.807, 2.05) is 13.0 Å². The third-order valence-electron chi connectivity index (χ3n) is 3.83. The molecule has 0 aliphatic rings. The van der Waals surface area contributed by atoms with Gasteiger partial charge in [-0.25, -0.2) is 14.0 Å². The van der Waals surface area contributed by atoms with E-state index >= 15 is 0 Å². The number of halogens is 1. The fraction of sp³-hybridized carbons (Fsp3) is 0.200. The first-order chi connectivity index (χ1) is 12.5. The molecule has 0 aliphatic heterocycles. The van der Waals surface area contributed by atoms with Gasteiger partial charge in [-0.15, -0.1) is 11.3 Å². The summed E-state index contributed by atoms with van der Waals surface area (Å²) in [5.41, 5.74) is 1.67. The van der Waals surface area contributed by atoms with E-state index in [-0.39, 0.29) is 23.5 Å². The maximum absolute atomic E-state index is 14.3. The second-order valence-electron chi connectivity index (χ2n) is 5.69. The van der Waals surface area contributed by atoms with Crippen LogP contribution in [-0.2, 0) is 16.1 Å². The molecular formula is C20H17FO4S. The fourth-order valence-corrected chi connectivity index (χ4v) is 3.78. The van der Waals surface area contributed by atoms with Crippen molar-refractivity contribution in [2.75, 3.05) is 6.61 Å². The molecule has 0 saturated carbocycles. The monoisotopic (exact) mass is 372 g/mol. The third-order valence-corrected chi connectivity index (χ3v) is 5.00. The number of thiophene rings is 1. The summed E-state index contributed by atoms with van der Waals surface area (Å²) in [5.74, 6) is -1.54. The number of esters is 2. The molecule has 4 nitrogen and oxygen atoms in total. The van der Waals surface area contributed by atoms with E-state index in [1.54, 1.807) is 37.3 Å². The first kappa shape index (κ1) is 18.1. The Morgan fingerprint density at radius 3 is 2.58 bits per heavy atom. The zero-order valence-corrected chi connectivity index (χ0v) is 15.2. The molecule has 0 atom stereocenters. The van der Waals surface area contributed by atoms with Crippen molar-refractivity contribution >= 4 is 33.4 Å². The van der Waals surface area contributed by atoms with Gasteiger partial charge in [0.15, 0.2) is 0 Å². The van der Waals surface area contributed by atoms with Crippen LogP contribution in [0.1, 0.15) is 38.1 Å². The number of hydrogen-bond donors (Lipinski definition) is 0. The molecule has 3 rings (SSSR count). The minimum Gasteiger partial charge on any atom is -0.462 e. The highest BCUT2D eigenvalue weighted by atomic mass is 32.1. The zero-order chi connectivity index (χ0) is 18.7. The first-order valence-electron chi connectivity index (χ1n) is 8.12. The second kappa shape index (κ2) is 7.66. The van der Waals surface area contributed by atoms with Crippen LogP contribution >= 0.6 is 11.3 Å². The number of hydrogen-bond acceptors (Lipinski definition) is 5. The van der Waals surface area contributed by atoms with Crippen molar-refractivity contribution in [2.24, 2.45) is 0 Å². The van der Waals surface area contributed by atoms with Crippen molar-refractivity contribution in [3.63, 3.8) is 0 Å². The van der Waals surface area contributed by atoms with Crippen molar-refractivity contribution in [1.82, 2.24) is 0 Å². The summed E-state index contributed by atoms with van der Waals surface area (Å²) in [6.45, 7) is 3.57. The van der Waals surface area contributed by atoms with Gasteiger partial charge in [-0.3, -0.25) is 0 Å². The summed E-state index contributed by atoms with van der Waals surface area (Å²) in [4.78, 5) is 24.8. The molecular weight excluding hydrogens is 355 g/mol. The Morgan fingerprint density at radius 2 is 1.85 bits per heavy atom. The lowest BCUT2D eigenvalue weighted by Gasteiger charge is -2.08. The lowest BCUT2D eigenvalue weighted by atomic mass is 10.1. The van der Waals surface area contributed by atoms with Crippen LogP contribution in [0.5, 0.6) is 0 Å². The van der Waals surface area contributed by atoms with E-state index < -0.39 is 17.8 Å². The minimum atomic E-state index is -0.547. The Morgan fingerprint density at radius 1 is 1.08 bits per heavy atom. The summed E-state index contributed by atoms with van der Waals surface area (Å²) >= 11 is 1.13. The lowest BCUT2D eigenvalue weighted by Crippen LogP contribution is -2.09. The van der Waals surface area contributed by atoms with Crippen molar-refractivity contribution in [2.45, 2.75) is 20.5 Å². The van der Waals surface area contributed by atoms with Crippen LogP contribution in [0.4, 0.5) is 4.39 Å². The number of rotatable bonds is 5. The highest BCUT2D eigenvalue weighted by Crippen LogP contribution is 2.34. The number of carbonyl (C=O) groups excluding carboxylic acids is 2. The highest BCUT2D eigenvalue weighted by molar-refractivity contribution is 7.21. The molecule has 26 heavy (non-hydrogen) atoms. The smallest absolute Gasteiger partial charge is 0.348 e. The molecule has 1 aromatic heterocycles. The van der Waals surface area contributed by atoms with Gasteiger partial charge in [0.25, 0.3) is 0 Å². The number of aryl methyl sites for hydroxylation is 1. The molecule has 0 amide bonds. The molecule has 0 fully saturated rings. The molecule has 0 radical (unpaired) electrons. The number of fused-ring (bicyclic) bond motifs is 1. The van der Waals surface area contributed by atoms with E-state index in [0.717, 1.165) is 16.9 Å². The zero-order valence-electron chi connectivity index (χ0n) is 14.4. The van der Waals surface area contributed by atoms with Crippen LogP contribution in [0.2, 0.25) is 0 Å². The fourth-order valence-electron chi connectivity index (χ4n) is 2.66. The van der Waals surface area contributed by atoms with Crippen LogP contribution < -0.4 is 0 Å². The Bertz CT molecular complexity index is 977. The SMILES string of the molecule is CCOC(=O)c1sc2cccc(F)c2c1COC(=O)c1cccc(C)c1. The minimum absolute atomic E-state index is 0.206. The summed E-state index contributed by atoms with van der Waals surface area (Å²) in [6, 6.07) is 11.6. The summed E-state index contributed by atoms with van der Waals surface area (Å²) in [5, 5.41) is 0.289. The van der Waals surface area contributed by atoms with Crippen LogP contribution in [0.25, 0.3) is 10.1 Å². The van der Waals surface area contributed by atoms with Gasteiger partial charge in [0, 0.05) is 15.6 Å². The molecule has 0 unspecified atom stereocenters. The average Bonchev–Trinajstić information content (AvgIpc) is 3.00. The van der Waals surface area contributed by atoms with Gasteiger partial charge in [0.05, 0.1) is 12.2 Å². The Hall–Kier alpha value is -2.73. The van der Waals surface area contributed by atoms with Crippen molar-refractivity contribution < 1.29 is 23.5 Å². The van der Waals surface area contributed by atoms with Crippen molar-refractivity contribution in [3.8, 4) is 0 Å². The van der Waals surface area contributed by atoms with Gasteiger partial charge >= 0.3 is 11.9 Å². The number of carbonyl (C=O) groups is 2. The predicted octanol–water partition coefficient (Wildman–Crippen LogP) is 4.88. The molecule has 0 saturated heterocycles. The second-order valence-corrected chi connectivity index (χ2v) is 6.74. The van der Waals surface area contributed by atoms with Crippen LogP contribution in [0, 0.1) is 12.7 Å². The first-order valence-corrected chi connectivity index (χ1v) is 8.93. The predicted molar refractivity (Wildman–Crippen MR) is 98.0 cm³/mol. The molecule has 3 aromatic rings. The molecule has 0 spiro atoms. The normalized spacial score (nSPS) is 10.7. The number of benzene rings is 2. The highest BCUT2D eigenvalue weighted by Gasteiger charge is 2.23. The van der Waals surface area contributed by atoms with Gasteiger partial charge in [0.1, 0.15) is 17.3 Å². The third kappa shape index (κ3) is 3.60.